The molecule has 0 aliphatic carbocycles. The quantitative estimate of drug-likeness (QED) is 0.472. The van der Waals surface area contributed by atoms with E-state index >= 15 is 0 Å². The first-order chi connectivity index (χ1) is 9.92. The zero-order valence-electron chi connectivity index (χ0n) is 10.3. The molecule has 0 saturated heterocycles. The molecule has 0 heterocycles. The Hall–Kier alpha value is -2.28. The van der Waals surface area contributed by atoms with E-state index in [1.807, 2.05) is 0 Å². The zero-order valence-corrected chi connectivity index (χ0v) is 11.0. The topological polar surface area (TPSA) is 52.4 Å². The van der Waals surface area contributed by atoms with Crippen molar-refractivity contribution in [3.63, 3.8) is 0 Å². The van der Waals surface area contributed by atoms with Crippen LogP contribution in [-0.2, 0) is 5.88 Å². The van der Waals surface area contributed by atoms with Crippen LogP contribution >= 0.6 is 11.6 Å². The van der Waals surface area contributed by atoms with Gasteiger partial charge in [-0.05, 0) is 23.8 Å². The highest BCUT2D eigenvalue weighted by Crippen LogP contribution is 2.35. The normalized spacial score (nSPS) is 10.5. The highest BCUT2D eigenvalue weighted by molar-refractivity contribution is 6.17. The number of rotatable bonds is 4. The van der Waals surface area contributed by atoms with Crippen LogP contribution < -0.4 is 4.74 Å². The number of nitro groups is 1. The van der Waals surface area contributed by atoms with E-state index in [1.54, 1.807) is 0 Å². The smallest absolute Gasteiger partial charge is 0.311 e. The number of hydrogen-bond acceptors (Lipinski definition) is 3. The van der Waals surface area contributed by atoms with E-state index in [1.165, 1.54) is 0 Å². The second-order valence-electron chi connectivity index (χ2n) is 3.99. The molecule has 0 aromatic heterocycles. The van der Waals surface area contributed by atoms with Crippen LogP contribution in [0.25, 0.3) is 0 Å². The van der Waals surface area contributed by atoms with Gasteiger partial charge in [-0.2, -0.15) is 0 Å². The lowest BCUT2D eigenvalue weighted by molar-refractivity contribution is -0.385. The third kappa shape index (κ3) is 3.25. The Bertz CT molecular complexity index is 686. The fourth-order valence-electron chi connectivity index (χ4n) is 1.62. The van der Waals surface area contributed by atoms with Gasteiger partial charge in [0.05, 0.1) is 4.92 Å². The molecule has 0 N–H and O–H groups in total. The predicted molar refractivity (Wildman–Crippen MR) is 69.0 cm³/mol. The van der Waals surface area contributed by atoms with Gasteiger partial charge in [0.25, 0.3) is 0 Å². The molecule has 110 valence electrons. The predicted octanol–water partition coefficient (Wildman–Crippen LogP) is 4.54. The first kappa shape index (κ1) is 15.1. The molecule has 0 radical (unpaired) electrons. The molecule has 21 heavy (non-hydrogen) atoms. The van der Waals surface area contributed by atoms with Crippen LogP contribution in [0.4, 0.5) is 18.9 Å². The third-order valence-corrected chi connectivity index (χ3v) is 2.85. The minimum atomic E-state index is -1.09. The van der Waals surface area contributed by atoms with Crippen LogP contribution in [-0.4, -0.2) is 4.92 Å². The summed E-state index contributed by atoms with van der Waals surface area (Å²) in [7, 11) is 0. The molecular weight excluding hydrogens is 311 g/mol. The van der Waals surface area contributed by atoms with E-state index in [9.17, 15) is 23.3 Å². The van der Waals surface area contributed by atoms with E-state index in [4.69, 9.17) is 16.3 Å². The fourth-order valence-corrected chi connectivity index (χ4v) is 1.77. The molecule has 0 aliphatic rings. The molecular formula is C13H7ClF3NO3. The van der Waals surface area contributed by atoms with Crippen molar-refractivity contribution in [1.29, 1.82) is 0 Å². The average molecular weight is 318 g/mol. The highest BCUT2D eigenvalue weighted by atomic mass is 35.5. The number of alkyl halides is 1. The molecule has 0 amide bonds. The highest BCUT2D eigenvalue weighted by Gasteiger charge is 2.20. The Kier molecular flexibility index (Phi) is 4.32. The number of ether oxygens (including phenoxy) is 1. The van der Waals surface area contributed by atoms with Crippen molar-refractivity contribution in [3.05, 3.63) is 63.5 Å². The summed E-state index contributed by atoms with van der Waals surface area (Å²) in [5.74, 6) is -4.61. The second-order valence-corrected chi connectivity index (χ2v) is 4.26. The van der Waals surface area contributed by atoms with E-state index in [2.05, 4.69) is 0 Å². The van der Waals surface area contributed by atoms with Crippen molar-refractivity contribution in [3.8, 4) is 11.5 Å². The van der Waals surface area contributed by atoms with Gasteiger partial charge < -0.3 is 4.74 Å². The Morgan fingerprint density at radius 1 is 1.14 bits per heavy atom. The number of hydrogen-bond donors (Lipinski definition) is 0. The summed E-state index contributed by atoms with van der Waals surface area (Å²) in [5, 5.41) is 10.8. The minimum Gasteiger partial charge on any atom is -0.444 e. The van der Waals surface area contributed by atoms with E-state index in [0.29, 0.717) is 6.07 Å². The van der Waals surface area contributed by atoms with Crippen LogP contribution in [0.2, 0.25) is 0 Å². The first-order valence-electron chi connectivity index (χ1n) is 5.58. The van der Waals surface area contributed by atoms with Gasteiger partial charge in [-0.3, -0.25) is 10.1 Å². The third-order valence-electron chi connectivity index (χ3n) is 2.54. The van der Waals surface area contributed by atoms with Crippen molar-refractivity contribution in [2.45, 2.75) is 5.88 Å². The summed E-state index contributed by atoms with van der Waals surface area (Å²) in [6.07, 6.45) is 0. The molecule has 0 aliphatic heterocycles. The summed E-state index contributed by atoms with van der Waals surface area (Å²) in [4.78, 5) is 9.94. The molecule has 0 spiro atoms. The van der Waals surface area contributed by atoms with Gasteiger partial charge in [0.15, 0.2) is 17.4 Å². The Balaban J connectivity index is 2.48. The van der Waals surface area contributed by atoms with E-state index in [-0.39, 0.29) is 11.4 Å². The first-order valence-corrected chi connectivity index (χ1v) is 6.11. The summed E-state index contributed by atoms with van der Waals surface area (Å²) in [5.41, 5.74) is -0.440. The van der Waals surface area contributed by atoms with Gasteiger partial charge in [0.1, 0.15) is 5.82 Å². The maximum atomic E-state index is 13.7. The SMILES string of the molecule is O=[N+]([O-])c1ccc(F)cc1Oc1c(F)cc(CCl)cc1F. The lowest BCUT2D eigenvalue weighted by atomic mass is 10.2. The largest absolute Gasteiger partial charge is 0.444 e. The van der Waals surface area contributed by atoms with E-state index in [0.717, 1.165) is 24.3 Å². The minimum absolute atomic E-state index is 0.117. The number of nitrogens with zero attached hydrogens (tertiary/aromatic N) is 1. The van der Waals surface area contributed by atoms with Gasteiger partial charge in [-0.15, -0.1) is 11.6 Å². The Morgan fingerprint density at radius 2 is 1.76 bits per heavy atom. The lowest BCUT2D eigenvalue weighted by Crippen LogP contribution is -1.98. The molecule has 8 heteroatoms. The molecule has 0 bridgehead atoms. The number of benzene rings is 2. The van der Waals surface area contributed by atoms with E-state index < -0.39 is 39.6 Å². The van der Waals surface area contributed by atoms with Gasteiger partial charge >= 0.3 is 5.69 Å². The Morgan fingerprint density at radius 3 is 2.29 bits per heavy atom. The molecule has 0 fully saturated rings. The molecule has 2 rings (SSSR count). The maximum absolute atomic E-state index is 13.7. The summed E-state index contributed by atoms with van der Waals surface area (Å²) >= 11 is 5.46. The van der Waals surface area contributed by atoms with Crippen LogP contribution in [0.3, 0.4) is 0 Å². The Labute approximate surface area is 121 Å². The van der Waals surface area contributed by atoms with Crippen LogP contribution in [0.5, 0.6) is 11.5 Å². The summed E-state index contributed by atoms with van der Waals surface area (Å²) < 4.78 is 45.4. The van der Waals surface area contributed by atoms with Crippen molar-refractivity contribution in [2.24, 2.45) is 0 Å². The molecule has 2 aromatic rings. The van der Waals surface area contributed by atoms with Crippen molar-refractivity contribution < 1.29 is 22.8 Å². The zero-order chi connectivity index (χ0) is 15.6. The van der Waals surface area contributed by atoms with Crippen molar-refractivity contribution in [2.75, 3.05) is 0 Å². The van der Waals surface area contributed by atoms with Gasteiger partial charge in [0, 0.05) is 18.0 Å². The number of halogens is 4. The monoisotopic (exact) mass is 317 g/mol. The summed E-state index contributed by atoms with van der Waals surface area (Å²) in [6.45, 7) is 0. The standard InChI is InChI=1S/C13H7ClF3NO3/c14-6-7-3-9(16)13(10(17)4-7)21-12-5-8(15)1-2-11(12)18(19)20/h1-5H,6H2. The van der Waals surface area contributed by atoms with Gasteiger partial charge in [-0.25, -0.2) is 13.2 Å². The van der Waals surface area contributed by atoms with Crippen LogP contribution in [0, 0.1) is 27.6 Å². The average Bonchev–Trinajstić information content (AvgIpc) is 2.42. The van der Waals surface area contributed by atoms with Crippen molar-refractivity contribution in [1.82, 2.24) is 0 Å². The fraction of sp³-hybridized carbons (Fsp3) is 0.0769. The maximum Gasteiger partial charge on any atom is 0.311 e. The molecule has 0 atom stereocenters. The molecule has 0 saturated carbocycles. The second kappa shape index (κ2) is 6.01. The van der Waals surface area contributed by atoms with Crippen molar-refractivity contribution >= 4 is 17.3 Å². The van der Waals surface area contributed by atoms with Crippen LogP contribution in [0.15, 0.2) is 30.3 Å². The molecule has 0 unspecified atom stereocenters. The van der Waals surface area contributed by atoms with Gasteiger partial charge in [0.2, 0.25) is 5.75 Å². The lowest BCUT2D eigenvalue weighted by Gasteiger charge is -2.09. The molecule has 2 aromatic carbocycles. The summed E-state index contributed by atoms with van der Waals surface area (Å²) in [6, 6.07) is 4.21. The number of nitro benzene ring substituents is 1. The van der Waals surface area contributed by atoms with Crippen LogP contribution in [0.1, 0.15) is 5.56 Å². The molecule has 4 nitrogen and oxygen atoms in total. The van der Waals surface area contributed by atoms with Gasteiger partial charge in [-0.1, -0.05) is 0 Å².